The molecule has 3 aromatic carbocycles. The molecule has 10 heteroatoms. The number of amides is 2. The van der Waals surface area contributed by atoms with Gasteiger partial charge in [-0.05, 0) is 41.7 Å². The maximum atomic E-state index is 14.2. The Balaban J connectivity index is 1.73. The first-order valence-electron chi connectivity index (χ1n) is 14.1. The highest BCUT2D eigenvalue weighted by atomic mass is 32.2. The average Bonchev–Trinajstić information content (AvgIpc) is 2.97. The Morgan fingerprint density at radius 3 is 2.26 bits per heavy atom. The molecule has 224 valence electrons. The summed E-state index contributed by atoms with van der Waals surface area (Å²) in [6.45, 7) is 6.77. The molecular formula is C32H39N3O6S. The van der Waals surface area contributed by atoms with E-state index < -0.39 is 28.5 Å². The molecule has 0 spiro atoms. The van der Waals surface area contributed by atoms with Gasteiger partial charge in [-0.25, -0.2) is 8.42 Å². The van der Waals surface area contributed by atoms with Gasteiger partial charge in [0.05, 0.1) is 11.9 Å². The minimum atomic E-state index is -3.89. The second-order valence-electron chi connectivity index (χ2n) is 10.9. The Hall–Kier alpha value is -4.05. The van der Waals surface area contributed by atoms with Crippen molar-refractivity contribution in [3.63, 3.8) is 0 Å². The lowest BCUT2D eigenvalue weighted by Crippen LogP contribution is -2.53. The first kappa shape index (κ1) is 30.9. The SMILES string of the molecule is Cc1ccccc1CN(C(=O)CN(c1ccc2c(c1)OCCO2)S(C)(=O)=O)[C@@H](Cc1ccccc1)C(=O)NCC(C)C. The van der Waals surface area contributed by atoms with Gasteiger partial charge in [0, 0.05) is 25.6 Å². The Morgan fingerprint density at radius 1 is 0.929 bits per heavy atom. The van der Waals surface area contributed by atoms with E-state index in [4.69, 9.17) is 9.47 Å². The zero-order valence-electron chi connectivity index (χ0n) is 24.6. The molecule has 3 aromatic rings. The molecule has 0 aliphatic carbocycles. The van der Waals surface area contributed by atoms with E-state index in [2.05, 4.69) is 5.32 Å². The third-order valence-corrected chi connectivity index (χ3v) is 8.19. The number of rotatable bonds is 12. The molecule has 1 aliphatic rings. The van der Waals surface area contributed by atoms with Crippen molar-refractivity contribution in [2.45, 2.75) is 39.8 Å². The number of hydrogen-bond donors (Lipinski definition) is 1. The van der Waals surface area contributed by atoms with Crippen LogP contribution in [0, 0.1) is 12.8 Å². The van der Waals surface area contributed by atoms with Gasteiger partial charge in [0.2, 0.25) is 21.8 Å². The zero-order valence-corrected chi connectivity index (χ0v) is 25.4. The number of nitrogens with zero attached hydrogens (tertiary/aromatic N) is 2. The first-order valence-corrected chi connectivity index (χ1v) is 15.9. The summed E-state index contributed by atoms with van der Waals surface area (Å²) in [5, 5.41) is 2.99. The molecule has 0 bridgehead atoms. The van der Waals surface area contributed by atoms with Crippen LogP contribution in [0.1, 0.15) is 30.5 Å². The average molecular weight is 594 g/mol. The third kappa shape index (κ3) is 8.03. The van der Waals surface area contributed by atoms with Crippen LogP contribution in [0.3, 0.4) is 0 Å². The molecule has 0 saturated carbocycles. The third-order valence-electron chi connectivity index (χ3n) is 7.05. The number of carbonyl (C=O) groups excluding carboxylic acids is 2. The van der Waals surface area contributed by atoms with Gasteiger partial charge in [0.15, 0.2) is 11.5 Å². The van der Waals surface area contributed by atoms with Crippen LogP contribution in [0.15, 0.2) is 72.8 Å². The Morgan fingerprint density at radius 2 is 1.60 bits per heavy atom. The molecule has 0 fully saturated rings. The van der Waals surface area contributed by atoms with E-state index in [1.165, 1.54) is 4.90 Å². The van der Waals surface area contributed by atoms with Crippen LogP contribution in [0.25, 0.3) is 0 Å². The molecule has 9 nitrogen and oxygen atoms in total. The van der Waals surface area contributed by atoms with E-state index in [1.54, 1.807) is 18.2 Å². The Labute approximate surface area is 248 Å². The predicted molar refractivity (Wildman–Crippen MR) is 163 cm³/mol. The van der Waals surface area contributed by atoms with Crippen molar-refractivity contribution < 1.29 is 27.5 Å². The summed E-state index contributed by atoms with van der Waals surface area (Å²) < 4.78 is 38.4. The minimum absolute atomic E-state index is 0.136. The topological polar surface area (TPSA) is 105 Å². The highest BCUT2D eigenvalue weighted by Gasteiger charge is 2.33. The molecule has 1 N–H and O–H groups in total. The zero-order chi connectivity index (χ0) is 30.3. The molecule has 1 heterocycles. The van der Waals surface area contributed by atoms with Crippen LogP contribution >= 0.6 is 0 Å². The van der Waals surface area contributed by atoms with Crippen LogP contribution in [0.2, 0.25) is 0 Å². The minimum Gasteiger partial charge on any atom is -0.486 e. The van der Waals surface area contributed by atoms with Gasteiger partial charge in [-0.3, -0.25) is 13.9 Å². The van der Waals surface area contributed by atoms with Crippen LogP contribution in [-0.4, -0.2) is 63.7 Å². The summed E-state index contributed by atoms with van der Waals surface area (Å²) in [5.74, 6) is 0.337. The second-order valence-corrected chi connectivity index (χ2v) is 12.8. The summed E-state index contributed by atoms with van der Waals surface area (Å²) >= 11 is 0. The molecule has 42 heavy (non-hydrogen) atoms. The number of ether oxygens (including phenoxy) is 2. The van der Waals surface area contributed by atoms with E-state index in [-0.39, 0.29) is 30.5 Å². The fourth-order valence-corrected chi connectivity index (χ4v) is 5.59. The van der Waals surface area contributed by atoms with Crippen molar-refractivity contribution in [2.24, 2.45) is 5.92 Å². The summed E-state index contributed by atoms with van der Waals surface area (Å²) in [6.07, 6.45) is 1.32. The standard InChI is InChI=1S/C32H39N3O6S/c1-23(2)20-33-32(37)28(18-25-11-6-5-7-12-25)34(21-26-13-9-8-10-24(26)3)31(36)22-35(42(4,38)39)27-14-15-29-30(19-27)41-17-16-40-29/h5-15,19,23,28H,16-18,20-22H2,1-4H3,(H,33,37)/t28-/m0/s1. The van der Waals surface area contributed by atoms with Crippen LogP contribution in [0.4, 0.5) is 5.69 Å². The number of aryl methyl sites for hydroxylation is 1. The van der Waals surface area contributed by atoms with E-state index in [0.717, 1.165) is 27.3 Å². The molecule has 4 rings (SSSR count). The number of anilines is 1. The number of nitrogens with one attached hydrogen (secondary N) is 1. The Kier molecular flexibility index (Phi) is 10.1. The number of sulfonamides is 1. The fourth-order valence-electron chi connectivity index (χ4n) is 4.75. The maximum absolute atomic E-state index is 14.2. The molecule has 1 aliphatic heterocycles. The molecule has 0 unspecified atom stereocenters. The lowest BCUT2D eigenvalue weighted by atomic mass is 10.0. The van der Waals surface area contributed by atoms with Gasteiger partial charge < -0.3 is 19.7 Å². The van der Waals surface area contributed by atoms with Gasteiger partial charge in [-0.1, -0.05) is 68.4 Å². The van der Waals surface area contributed by atoms with Crippen LogP contribution in [0.5, 0.6) is 11.5 Å². The van der Waals surface area contributed by atoms with Crippen molar-refractivity contribution in [1.82, 2.24) is 10.2 Å². The number of benzene rings is 3. The normalized spacial score (nSPS) is 13.4. The summed E-state index contributed by atoms with van der Waals surface area (Å²) in [5.41, 5.74) is 2.99. The molecule has 0 aromatic heterocycles. The quantitative estimate of drug-likeness (QED) is 0.341. The number of carbonyl (C=O) groups is 2. The second kappa shape index (κ2) is 13.7. The summed E-state index contributed by atoms with van der Waals surface area (Å²) in [4.78, 5) is 29.5. The molecule has 0 radical (unpaired) electrons. The van der Waals surface area contributed by atoms with Crippen LogP contribution < -0.4 is 19.1 Å². The molecule has 0 saturated heterocycles. The van der Waals surface area contributed by atoms with E-state index in [0.29, 0.717) is 31.3 Å². The fraction of sp³-hybridized carbons (Fsp3) is 0.375. The predicted octanol–water partition coefficient (Wildman–Crippen LogP) is 3.94. The number of hydrogen-bond acceptors (Lipinski definition) is 6. The van der Waals surface area contributed by atoms with Gasteiger partial charge >= 0.3 is 0 Å². The van der Waals surface area contributed by atoms with Crippen molar-refractivity contribution in [3.05, 3.63) is 89.5 Å². The van der Waals surface area contributed by atoms with E-state index in [1.807, 2.05) is 75.4 Å². The van der Waals surface area contributed by atoms with E-state index in [9.17, 15) is 18.0 Å². The molecule has 2 amide bonds. The van der Waals surface area contributed by atoms with Crippen molar-refractivity contribution >= 4 is 27.5 Å². The van der Waals surface area contributed by atoms with Crippen molar-refractivity contribution in [1.29, 1.82) is 0 Å². The monoisotopic (exact) mass is 593 g/mol. The smallest absolute Gasteiger partial charge is 0.244 e. The first-order chi connectivity index (χ1) is 20.0. The lowest BCUT2D eigenvalue weighted by molar-refractivity contribution is -0.140. The molecular weight excluding hydrogens is 554 g/mol. The van der Waals surface area contributed by atoms with Gasteiger partial charge in [0.1, 0.15) is 25.8 Å². The largest absolute Gasteiger partial charge is 0.486 e. The highest BCUT2D eigenvalue weighted by Crippen LogP contribution is 2.35. The van der Waals surface area contributed by atoms with Gasteiger partial charge in [0.25, 0.3) is 0 Å². The van der Waals surface area contributed by atoms with Crippen molar-refractivity contribution in [3.8, 4) is 11.5 Å². The maximum Gasteiger partial charge on any atom is 0.244 e. The highest BCUT2D eigenvalue weighted by molar-refractivity contribution is 7.92. The number of fused-ring (bicyclic) bond motifs is 1. The summed E-state index contributed by atoms with van der Waals surface area (Å²) in [7, 11) is -3.89. The summed E-state index contributed by atoms with van der Waals surface area (Å²) in [6, 6.07) is 21.1. The molecule has 1 atom stereocenters. The van der Waals surface area contributed by atoms with Crippen molar-refractivity contribution in [2.75, 3.05) is 36.9 Å². The van der Waals surface area contributed by atoms with E-state index >= 15 is 0 Å². The van der Waals surface area contributed by atoms with Gasteiger partial charge in [-0.15, -0.1) is 0 Å². The van der Waals surface area contributed by atoms with Gasteiger partial charge in [-0.2, -0.15) is 0 Å². The lowest BCUT2D eigenvalue weighted by Gasteiger charge is -2.34. The van der Waals surface area contributed by atoms with Crippen LogP contribution in [-0.2, 0) is 32.6 Å². The Bertz CT molecular complexity index is 1490.